The highest BCUT2D eigenvalue weighted by molar-refractivity contribution is 9.10. The second kappa shape index (κ2) is 3.20. The summed E-state index contributed by atoms with van der Waals surface area (Å²) in [5.74, 6) is 0. The summed E-state index contributed by atoms with van der Waals surface area (Å²) >= 11 is 3.39. The Morgan fingerprint density at radius 2 is 2.29 bits per heavy atom. The van der Waals surface area contributed by atoms with E-state index in [0.717, 1.165) is 27.2 Å². The van der Waals surface area contributed by atoms with Gasteiger partial charge in [-0.05, 0) is 35.4 Å². The summed E-state index contributed by atoms with van der Waals surface area (Å²) < 4.78 is 2.76. The summed E-state index contributed by atoms with van der Waals surface area (Å²) in [6.45, 7) is 7.83. The topological polar surface area (TPSA) is 30.2 Å². The van der Waals surface area contributed by atoms with Crippen LogP contribution in [0, 0.1) is 6.92 Å². The van der Waals surface area contributed by atoms with E-state index < -0.39 is 0 Å². The van der Waals surface area contributed by atoms with Gasteiger partial charge in [-0.2, -0.15) is 0 Å². The van der Waals surface area contributed by atoms with E-state index in [1.54, 1.807) is 0 Å². The van der Waals surface area contributed by atoms with E-state index in [9.17, 15) is 0 Å². The maximum absolute atomic E-state index is 4.28. The molecule has 0 aliphatic heterocycles. The molecule has 0 spiro atoms. The lowest BCUT2D eigenvalue weighted by atomic mass is 10.3. The first-order valence-corrected chi connectivity index (χ1v) is 5.05. The van der Waals surface area contributed by atoms with E-state index in [1.165, 1.54) is 0 Å². The molecule has 0 saturated carbocycles. The van der Waals surface area contributed by atoms with Crippen molar-refractivity contribution in [2.75, 3.05) is 0 Å². The smallest absolute Gasteiger partial charge is 0.170 e. The molecule has 2 rings (SSSR count). The van der Waals surface area contributed by atoms with E-state index >= 15 is 0 Å². The Morgan fingerprint density at radius 3 is 2.93 bits per heavy atom. The highest BCUT2D eigenvalue weighted by Crippen LogP contribution is 2.19. The van der Waals surface area contributed by atoms with Crippen molar-refractivity contribution < 1.29 is 0 Å². The van der Waals surface area contributed by atoms with Gasteiger partial charge in [-0.1, -0.05) is 6.58 Å². The standard InChI is InChI=1S/C10H10BrN3/c1-6(2)8-4-12-10-9(11)13-7(3)5-14(8)10/h4-5H,1H2,2-3H3. The zero-order chi connectivity index (χ0) is 10.3. The van der Waals surface area contributed by atoms with Crippen LogP contribution in [0.5, 0.6) is 0 Å². The molecule has 2 heterocycles. The van der Waals surface area contributed by atoms with Crippen molar-refractivity contribution in [3.05, 3.63) is 35.0 Å². The van der Waals surface area contributed by atoms with Gasteiger partial charge in [0, 0.05) is 6.20 Å². The Kier molecular flexibility index (Phi) is 2.15. The lowest BCUT2D eigenvalue weighted by Gasteiger charge is -2.02. The molecule has 0 bridgehead atoms. The number of imidazole rings is 1. The van der Waals surface area contributed by atoms with Gasteiger partial charge >= 0.3 is 0 Å². The van der Waals surface area contributed by atoms with Crippen LogP contribution in [0.25, 0.3) is 11.2 Å². The highest BCUT2D eigenvalue weighted by Gasteiger charge is 2.07. The second-order valence-electron chi connectivity index (χ2n) is 3.29. The normalized spacial score (nSPS) is 10.8. The summed E-state index contributed by atoms with van der Waals surface area (Å²) in [6.07, 6.45) is 3.76. The fraction of sp³-hybridized carbons (Fsp3) is 0.200. The number of rotatable bonds is 1. The SMILES string of the molecule is C=C(C)c1cnc2c(Br)nc(C)cn12. The first-order valence-electron chi connectivity index (χ1n) is 4.25. The number of aromatic nitrogens is 3. The van der Waals surface area contributed by atoms with Crippen molar-refractivity contribution in [3.8, 4) is 0 Å². The van der Waals surface area contributed by atoms with Crippen LogP contribution in [-0.2, 0) is 0 Å². The number of allylic oxidation sites excluding steroid dienone is 1. The minimum atomic E-state index is 0.769. The molecule has 2 aromatic heterocycles. The zero-order valence-corrected chi connectivity index (χ0v) is 9.67. The van der Waals surface area contributed by atoms with Gasteiger partial charge in [-0.25, -0.2) is 9.97 Å². The zero-order valence-electron chi connectivity index (χ0n) is 8.08. The minimum absolute atomic E-state index is 0.769. The van der Waals surface area contributed by atoms with Gasteiger partial charge in [-0.3, -0.25) is 4.40 Å². The van der Waals surface area contributed by atoms with Gasteiger partial charge in [0.05, 0.1) is 17.6 Å². The Balaban J connectivity index is 2.85. The largest absolute Gasteiger partial charge is 0.296 e. The average molecular weight is 252 g/mol. The van der Waals surface area contributed by atoms with Gasteiger partial charge in [0.15, 0.2) is 5.65 Å². The molecule has 0 aliphatic rings. The van der Waals surface area contributed by atoms with Gasteiger partial charge in [-0.15, -0.1) is 0 Å². The van der Waals surface area contributed by atoms with Crippen LogP contribution in [0.2, 0.25) is 0 Å². The van der Waals surface area contributed by atoms with Crippen molar-refractivity contribution in [1.29, 1.82) is 0 Å². The molecule has 0 saturated heterocycles. The van der Waals surface area contributed by atoms with Gasteiger partial charge < -0.3 is 0 Å². The van der Waals surface area contributed by atoms with Crippen LogP contribution in [0.4, 0.5) is 0 Å². The van der Waals surface area contributed by atoms with Gasteiger partial charge in [0.25, 0.3) is 0 Å². The molecule has 0 aromatic carbocycles. The fourth-order valence-corrected chi connectivity index (χ4v) is 1.95. The molecule has 0 radical (unpaired) electrons. The van der Waals surface area contributed by atoms with Crippen LogP contribution in [0.1, 0.15) is 18.3 Å². The van der Waals surface area contributed by atoms with E-state index in [2.05, 4.69) is 32.5 Å². The predicted octanol–water partition coefficient (Wildman–Crippen LogP) is 2.83. The first-order chi connectivity index (χ1) is 6.59. The van der Waals surface area contributed by atoms with Crippen molar-refractivity contribution in [2.24, 2.45) is 0 Å². The maximum atomic E-state index is 4.28. The molecule has 0 N–H and O–H groups in total. The average Bonchev–Trinajstić information content (AvgIpc) is 2.47. The number of fused-ring (bicyclic) bond motifs is 1. The van der Waals surface area contributed by atoms with Gasteiger partial charge in [0.1, 0.15) is 4.60 Å². The van der Waals surface area contributed by atoms with E-state index in [4.69, 9.17) is 0 Å². The number of halogens is 1. The molecule has 0 unspecified atom stereocenters. The Morgan fingerprint density at radius 1 is 1.57 bits per heavy atom. The molecular formula is C10H10BrN3. The summed E-state index contributed by atoms with van der Waals surface area (Å²) in [5, 5.41) is 0. The third-order valence-electron chi connectivity index (χ3n) is 2.01. The highest BCUT2D eigenvalue weighted by atomic mass is 79.9. The van der Waals surface area contributed by atoms with Crippen LogP contribution < -0.4 is 0 Å². The molecule has 0 amide bonds. The Bertz CT molecular complexity index is 513. The van der Waals surface area contributed by atoms with E-state index in [1.807, 2.05) is 30.6 Å². The lowest BCUT2D eigenvalue weighted by Crippen LogP contribution is -1.94. The third-order valence-corrected chi connectivity index (χ3v) is 2.54. The molecule has 72 valence electrons. The van der Waals surface area contributed by atoms with Crippen molar-refractivity contribution in [1.82, 2.24) is 14.4 Å². The van der Waals surface area contributed by atoms with E-state index in [-0.39, 0.29) is 0 Å². The summed E-state index contributed by atoms with van der Waals surface area (Å²) in [7, 11) is 0. The molecule has 4 heteroatoms. The van der Waals surface area contributed by atoms with Crippen molar-refractivity contribution in [3.63, 3.8) is 0 Å². The Labute approximate surface area is 90.6 Å². The molecule has 0 fully saturated rings. The molecule has 14 heavy (non-hydrogen) atoms. The molecule has 0 aliphatic carbocycles. The number of hydrogen-bond acceptors (Lipinski definition) is 2. The molecule has 0 atom stereocenters. The Hall–Kier alpha value is -1.16. The lowest BCUT2D eigenvalue weighted by molar-refractivity contribution is 1.04. The predicted molar refractivity (Wildman–Crippen MR) is 60.1 cm³/mol. The fourth-order valence-electron chi connectivity index (χ4n) is 1.38. The molecule has 2 aromatic rings. The van der Waals surface area contributed by atoms with Crippen LogP contribution in [0.15, 0.2) is 23.6 Å². The summed E-state index contributed by atoms with van der Waals surface area (Å²) in [6, 6.07) is 0. The maximum Gasteiger partial charge on any atom is 0.170 e. The minimum Gasteiger partial charge on any atom is -0.296 e. The molecule has 3 nitrogen and oxygen atoms in total. The van der Waals surface area contributed by atoms with Crippen LogP contribution in [-0.4, -0.2) is 14.4 Å². The van der Waals surface area contributed by atoms with Crippen molar-refractivity contribution in [2.45, 2.75) is 13.8 Å². The quantitative estimate of drug-likeness (QED) is 0.781. The van der Waals surface area contributed by atoms with Gasteiger partial charge in [0.2, 0.25) is 0 Å². The monoisotopic (exact) mass is 251 g/mol. The van der Waals surface area contributed by atoms with Crippen molar-refractivity contribution >= 4 is 27.2 Å². The first kappa shape index (κ1) is 9.40. The van der Waals surface area contributed by atoms with Crippen LogP contribution >= 0.6 is 15.9 Å². The number of aryl methyl sites for hydroxylation is 1. The third kappa shape index (κ3) is 1.35. The summed E-state index contributed by atoms with van der Waals surface area (Å²) in [5.41, 5.74) is 3.79. The number of nitrogens with zero attached hydrogens (tertiary/aromatic N) is 3. The summed E-state index contributed by atoms with van der Waals surface area (Å²) in [4.78, 5) is 8.55. The number of hydrogen-bond donors (Lipinski definition) is 0. The molecular weight excluding hydrogens is 242 g/mol. The second-order valence-corrected chi connectivity index (χ2v) is 4.04. The van der Waals surface area contributed by atoms with Crippen LogP contribution in [0.3, 0.4) is 0 Å². The van der Waals surface area contributed by atoms with E-state index in [0.29, 0.717) is 0 Å².